The molecule has 1 aromatic carbocycles. The number of anilines is 1. The molecule has 0 aliphatic carbocycles. The number of primary amides is 1. The molecular formula is C22H23N5O3. The number of nitrogens with two attached hydrogens (primary N) is 1. The average Bonchev–Trinajstić information content (AvgIpc) is 3.02. The normalized spacial score (nSPS) is 16.8. The van der Waals surface area contributed by atoms with Gasteiger partial charge in [0.2, 0.25) is 11.9 Å². The maximum atomic E-state index is 12.6. The molecule has 1 aliphatic heterocycles. The van der Waals surface area contributed by atoms with Crippen molar-refractivity contribution in [1.29, 1.82) is 0 Å². The van der Waals surface area contributed by atoms with Gasteiger partial charge in [0.1, 0.15) is 6.10 Å². The number of carbonyl (C=O) groups excluding carboxylic acids is 1. The number of hydrogen-bond acceptors (Lipinski definition) is 6. The number of benzene rings is 1. The Morgan fingerprint density at radius 2 is 1.90 bits per heavy atom. The number of amides is 1. The third kappa shape index (κ3) is 4.08. The van der Waals surface area contributed by atoms with Gasteiger partial charge in [0, 0.05) is 49.8 Å². The zero-order valence-electron chi connectivity index (χ0n) is 16.7. The fourth-order valence-corrected chi connectivity index (χ4v) is 3.55. The maximum absolute atomic E-state index is 12.6. The zero-order valence-corrected chi connectivity index (χ0v) is 16.7. The summed E-state index contributed by atoms with van der Waals surface area (Å²) in [6.45, 7) is 1.85. The van der Waals surface area contributed by atoms with Gasteiger partial charge in [0.15, 0.2) is 0 Å². The van der Waals surface area contributed by atoms with Crippen molar-refractivity contribution in [3.05, 3.63) is 76.3 Å². The van der Waals surface area contributed by atoms with Crippen molar-refractivity contribution < 1.29 is 9.53 Å². The molecular weight excluding hydrogens is 382 g/mol. The first-order valence-electron chi connectivity index (χ1n) is 9.78. The van der Waals surface area contributed by atoms with Crippen molar-refractivity contribution in [3.8, 4) is 11.3 Å². The lowest BCUT2D eigenvalue weighted by Crippen LogP contribution is -2.34. The van der Waals surface area contributed by atoms with Crippen LogP contribution in [0.5, 0.6) is 0 Å². The molecule has 0 spiro atoms. The van der Waals surface area contributed by atoms with Crippen LogP contribution in [0, 0.1) is 0 Å². The number of rotatable bonds is 4. The lowest BCUT2D eigenvalue weighted by Gasteiger charge is -2.27. The molecule has 3 aromatic rings. The summed E-state index contributed by atoms with van der Waals surface area (Å²) in [5.74, 6) is 0.135. The third-order valence-corrected chi connectivity index (χ3v) is 5.21. The molecule has 1 saturated heterocycles. The van der Waals surface area contributed by atoms with Crippen LogP contribution >= 0.6 is 0 Å². The summed E-state index contributed by atoms with van der Waals surface area (Å²) in [4.78, 5) is 34.8. The van der Waals surface area contributed by atoms with E-state index < -0.39 is 5.91 Å². The Kier molecular flexibility index (Phi) is 5.58. The molecule has 4 rings (SSSR count). The first-order valence-corrected chi connectivity index (χ1v) is 9.78. The fraction of sp³-hybridized carbons (Fsp3) is 0.273. The third-order valence-electron chi connectivity index (χ3n) is 5.21. The van der Waals surface area contributed by atoms with Gasteiger partial charge in [-0.15, -0.1) is 0 Å². The van der Waals surface area contributed by atoms with Crippen LogP contribution in [0.2, 0.25) is 0 Å². The van der Waals surface area contributed by atoms with Gasteiger partial charge in [-0.2, -0.15) is 0 Å². The van der Waals surface area contributed by atoms with E-state index in [1.807, 2.05) is 24.3 Å². The molecule has 1 atom stereocenters. The van der Waals surface area contributed by atoms with E-state index in [2.05, 4.69) is 9.88 Å². The molecule has 1 aliphatic rings. The number of carbonyl (C=O) groups is 1. The van der Waals surface area contributed by atoms with E-state index in [9.17, 15) is 9.59 Å². The molecule has 0 bridgehead atoms. The van der Waals surface area contributed by atoms with Crippen molar-refractivity contribution in [2.45, 2.75) is 12.5 Å². The summed E-state index contributed by atoms with van der Waals surface area (Å²) >= 11 is 0. The number of hydrogen-bond donors (Lipinski definition) is 1. The van der Waals surface area contributed by atoms with E-state index in [0.29, 0.717) is 30.4 Å². The topological polar surface area (TPSA) is 103 Å². The second-order valence-electron chi connectivity index (χ2n) is 7.22. The summed E-state index contributed by atoms with van der Waals surface area (Å²) in [6.07, 6.45) is 3.96. The molecule has 0 saturated carbocycles. The Hall–Kier alpha value is -3.52. The molecule has 0 radical (unpaired) electrons. The minimum atomic E-state index is -0.461. The highest BCUT2D eigenvalue weighted by Crippen LogP contribution is 2.26. The first-order chi connectivity index (χ1) is 14.5. The minimum absolute atomic E-state index is 0.126. The number of ether oxygens (including phenoxy) is 1. The highest BCUT2D eigenvalue weighted by molar-refractivity contribution is 5.92. The van der Waals surface area contributed by atoms with Gasteiger partial charge in [-0.25, -0.2) is 4.98 Å². The van der Waals surface area contributed by atoms with Crippen LogP contribution in [0.4, 0.5) is 5.95 Å². The predicted molar refractivity (Wildman–Crippen MR) is 113 cm³/mol. The van der Waals surface area contributed by atoms with Crippen molar-refractivity contribution >= 4 is 11.9 Å². The Morgan fingerprint density at radius 3 is 2.60 bits per heavy atom. The first kappa shape index (κ1) is 19.8. The standard InChI is InChI=1S/C22H23N5O3/c1-26-20(28)13-18(15-7-9-24-10-8-15)25-22(26)27-11-2-12-30-19(14-27)16-3-5-17(6-4-16)21(23)29/h3-10,13,19H,2,11-12,14H2,1H3,(H2,23,29)/t19-/m0/s1. The molecule has 0 unspecified atom stereocenters. The molecule has 154 valence electrons. The van der Waals surface area contributed by atoms with E-state index in [1.165, 1.54) is 6.07 Å². The monoisotopic (exact) mass is 405 g/mol. The van der Waals surface area contributed by atoms with Crippen LogP contribution in [0.1, 0.15) is 28.4 Å². The van der Waals surface area contributed by atoms with Gasteiger partial charge < -0.3 is 15.4 Å². The predicted octanol–water partition coefficient (Wildman–Crippen LogP) is 1.91. The van der Waals surface area contributed by atoms with Crippen LogP contribution in [-0.4, -0.2) is 40.1 Å². The van der Waals surface area contributed by atoms with Crippen LogP contribution < -0.4 is 16.2 Å². The van der Waals surface area contributed by atoms with Crippen molar-refractivity contribution in [3.63, 3.8) is 0 Å². The quantitative estimate of drug-likeness (QED) is 0.711. The van der Waals surface area contributed by atoms with E-state index in [1.54, 1.807) is 36.1 Å². The highest BCUT2D eigenvalue weighted by atomic mass is 16.5. The molecule has 3 heterocycles. The Bertz CT molecular complexity index is 1100. The molecule has 30 heavy (non-hydrogen) atoms. The van der Waals surface area contributed by atoms with Gasteiger partial charge in [-0.3, -0.25) is 19.1 Å². The molecule has 8 nitrogen and oxygen atoms in total. The summed E-state index contributed by atoms with van der Waals surface area (Å²) in [5, 5.41) is 0. The lowest BCUT2D eigenvalue weighted by molar-refractivity contribution is 0.0685. The number of nitrogens with zero attached hydrogens (tertiary/aromatic N) is 4. The van der Waals surface area contributed by atoms with E-state index in [4.69, 9.17) is 15.5 Å². The summed E-state index contributed by atoms with van der Waals surface area (Å²) in [7, 11) is 1.73. The van der Waals surface area contributed by atoms with Crippen molar-refractivity contribution in [2.75, 3.05) is 24.6 Å². The number of aromatic nitrogens is 3. The van der Waals surface area contributed by atoms with Crippen molar-refractivity contribution in [2.24, 2.45) is 12.8 Å². The Labute approximate surface area is 173 Å². The van der Waals surface area contributed by atoms with E-state index in [-0.39, 0.29) is 11.7 Å². The minimum Gasteiger partial charge on any atom is -0.372 e. The summed E-state index contributed by atoms with van der Waals surface area (Å²) < 4.78 is 7.60. The van der Waals surface area contributed by atoms with Gasteiger partial charge in [-0.1, -0.05) is 12.1 Å². The molecule has 2 aromatic heterocycles. The Balaban J connectivity index is 1.66. The second-order valence-corrected chi connectivity index (χ2v) is 7.22. The molecule has 2 N–H and O–H groups in total. The van der Waals surface area contributed by atoms with Crippen molar-refractivity contribution in [1.82, 2.24) is 14.5 Å². The van der Waals surface area contributed by atoms with Gasteiger partial charge in [0.25, 0.3) is 5.56 Å². The van der Waals surface area contributed by atoms with Crippen LogP contribution in [0.15, 0.2) is 59.7 Å². The summed E-state index contributed by atoms with van der Waals surface area (Å²) in [5.41, 5.74) is 8.07. The second kappa shape index (κ2) is 8.46. The van der Waals surface area contributed by atoms with Crippen LogP contribution in [0.3, 0.4) is 0 Å². The zero-order chi connectivity index (χ0) is 21.1. The maximum Gasteiger partial charge on any atom is 0.255 e. The smallest absolute Gasteiger partial charge is 0.255 e. The van der Waals surface area contributed by atoms with Gasteiger partial charge in [-0.05, 0) is 36.2 Å². The largest absolute Gasteiger partial charge is 0.372 e. The molecule has 1 amide bonds. The van der Waals surface area contributed by atoms with E-state index in [0.717, 1.165) is 24.1 Å². The summed E-state index contributed by atoms with van der Waals surface area (Å²) in [6, 6.07) is 12.3. The van der Waals surface area contributed by atoms with Crippen LogP contribution in [-0.2, 0) is 11.8 Å². The SMILES string of the molecule is Cn1c(N2CCCO[C@H](c3ccc(C(N)=O)cc3)C2)nc(-c2ccncc2)cc1=O. The Morgan fingerprint density at radius 1 is 1.17 bits per heavy atom. The number of pyridine rings is 1. The van der Waals surface area contributed by atoms with Crippen LogP contribution in [0.25, 0.3) is 11.3 Å². The van der Waals surface area contributed by atoms with E-state index >= 15 is 0 Å². The highest BCUT2D eigenvalue weighted by Gasteiger charge is 2.24. The lowest BCUT2D eigenvalue weighted by atomic mass is 10.1. The molecule has 8 heteroatoms. The van der Waals surface area contributed by atoms with Gasteiger partial charge in [0.05, 0.1) is 12.2 Å². The average molecular weight is 405 g/mol. The fourth-order valence-electron chi connectivity index (χ4n) is 3.55. The van der Waals surface area contributed by atoms with Gasteiger partial charge >= 0.3 is 0 Å². The molecule has 1 fully saturated rings.